The smallest absolute Gasteiger partial charge is 0.165 e. The normalized spacial score (nSPS) is 22.3. The highest BCUT2D eigenvalue weighted by Gasteiger charge is 2.13. The van der Waals surface area contributed by atoms with E-state index in [-0.39, 0.29) is 0 Å². The Morgan fingerprint density at radius 1 is 1.69 bits per heavy atom. The molecule has 3 N–H and O–H groups in total. The van der Waals surface area contributed by atoms with Gasteiger partial charge in [-0.2, -0.15) is 9.90 Å². The Morgan fingerprint density at radius 2 is 2.62 bits per heavy atom. The zero-order chi connectivity index (χ0) is 9.10. The van der Waals surface area contributed by atoms with Crippen LogP contribution in [-0.2, 0) is 6.54 Å². The fourth-order valence-electron chi connectivity index (χ4n) is 1.69. The Bertz CT molecular complexity index is 263. The second-order valence-corrected chi connectivity index (χ2v) is 3.45. The average molecular weight is 181 g/mol. The molecule has 1 saturated heterocycles. The Labute approximate surface area is 77.3 Å². The number of anilines is 1. The van der Waals surface area contributed by atoms with E-state index in [2.05, 4.69) is 15.5 Å². The highest BCUT2D eigenvalue weighted by molar-refractivity contribution is 5.19. The van der Waals surface area contributed by atoms with Crippen molar-refractivity contribution in [2.24, 2.45) is 0 Å². The van der Waals surface area contributed by atoms with Gasteiger partial charge < -0.3 is 11.1 Å². The molecule has 1 aliphatic heterocycles. The molecule has 2 heterocycles. The van der Waals surface area contributed by atoms with Crippen LogP contribution in [0.3, 0.4) is 0 Å². The van der Waals surface area contributed by atoms with Crippen LogP contribution in [0.25, 0.3) is 0 Å². The molecule has 0 aromatic carbocycles. The molecule has 1 atom stereocenters. The molecule has 0 spiro atoms. The van der Waals surface area contributed by atoms with Crippen LogP contribution in [-0.4, -0.2) is 27.6 Å². The predicted octanol–water partition coefficient (Wildman–Crippen LogP) is 0.00240. The van der Waals surface area contributed by atoms with Crippen LogP contribution in [0.5, 0.6) is 0 Å². The predicted molar refractivity (Wildman–Crippen MR) is 50.1 cm³/mol. The summed E-state index contributed by atoms with van der Waals surface area (Å²) < 4.78 is 0. The van der Waals surface area contributed by atoms with Gasteiger partial charge in [-0.15, -0.1) is 5.10 Å². The minimum atomic E-state index is 0.499. The lowest BCUT2D eigenvalue weighted by Gasteiger charge is -2.08. The number of nitrogen functional groups attached to an aromatic ring is 1. The van der Waals surface area contributed by atoms with Crippen molar-refractivity contribution in [3.05, 3.63) is 6.20 Å². The summed E-state index contributed by atoms with van der Waals surface area (Å²) >= 11 is 0. The quantitative estimate of drug-likeness (QED) is 0.689. The maximum absolute atomic E-state index is 5.45. The molecule has 1 unspecified atom stereocenters. The molecule has 0 amide bonds. The van der Waals surface area contributed by atoms with Gasteiger partial charge in [-0.1, -0.05) is 0 Å². The van der Waals surface area contributed by atoms with Gasteiger partial charge in [0.1, 0.15) is 0 Å². The number of rotatable bonds is 3. The number of aryl methyl sites for hydroxylation is 1. The summed E-state index contributed by atoms with van der Waals surface area (Å²) in [6, 6.07) is 0.646. The number of aromatic nitrogens is 3. The average Bonchev–Trinajstić information content (AvgIpc) is 2.71. The van der Waals surface area contributed by atoms with Crippen LogP contribution in [0.15, 0.2) is 6.20 Å². The number of hydrogen-bond acceptors (Lipinski definition) is 4. The molecule has 5 nitrogen and oxygen atoms in total. The van der Waals surface area contributed by atoms with Crippen LogP contribution in [0, 0.1) is 0 Å². The van der Waals surface area contributed by atoms with E-state index in [0.29, 0.717) is 11.9 Å². The monoisotopic (exact) mass is 181 g/mol. The molecule has 0 radical (unpaired) electrons. The number of nitrogens with zero attached hydrogens (tertiary/aromatic N) is 3. The fourth-order valence-corrected chi connectivity index (χ4v) is 1.69. The zero-order valence-electron chi connectivity index (χ0n) is 7.61. The van der Waals surface area contributed by atoms with Crippen LogP contribution >= 0.6 is 0 Å². The van der Waals surface area contributed by atoms with Crippen LogP contribution in [0.4, 0.5) is 5.82 Å². The molecular formula is C8H15N5. The molecule has 72 valence electrons. The first-order valence-electron chi connectivity index (χ1n) is 4.73. The standard InChI is InChI=1S/C8H15N5/c9-8-6-11-13(12-8)5-3-7-2-1-4-10-7/h6-7,10H,1-5H2,(H2,9,12). The summed E-state index contributed by atoms with van der Waals surface area (Å²) in [5.41, 5.74) is 5.45. The minimum absolute atomic E-state index is 0.499. The summed E-state index contributed by atoms with van der Waals surface area (Å²) in [5.74, 6) is 0.499. The van der Waals surface area contributed by atoms with Crippen molar-refractivity contribution >= 4 is 5.82 Å². The molecule has 1 aromatic heterocycles. The molecule has 2 rings (SSSR count). The van der Waals surface area contributed by atoms with Crippen LogP contribution in [0.1, 0.15) is 19.3 Å². The summed E-state index contributed by atoms with van der Waals surface area (Å²) in [4.78, 5) is 1.66. The van der Waals surface area contributed by atoms with Crippen molar-refractivity contribution < 1.29 is 0 Å². The molecule has 1 aliphatic rings. The maximum atomic E-state index is 5.45. The van der Waals surface area contributed by atoms with Gasteiger partial charge in [0.2, 0.25) is 0 Å². The first-order chi connectivity index (χ1) is 6.34. The van der Waals surface area contributed by atoms with Gasteiger partial charge in [-0.3, -0.25) is 0 Å². The number of nitrogens with one attached hydrogen (secondary N) is 1. The third kappa shape index (κ3) is 2.18. The van der Waals surface area contributed by atoms with Gasteiger partial charge in [0, 0.05) is 6.04 Å². The van der Waals surface area contributed by atoms with Crippen molar-refractivity contribution in [3.8, 4) is 0 Å². The second-order valence-electron chi connectivity index (χ2n) is 3.45. The lowest BCUT2D eigenvalue weighted by Crippen LogP contribution is -2.23. The van der Waals surface area contributed by atoms with E-state index in [0.717, 1.165) is 19.5 Å². The largest absolute Gasteiger partial charge is 0.381 e. The van der Waals surface area contributed by atoms with Crippen molar-refractivity contribution in [2.45, 2.75) is 31.8 Å². The zero-order valence-corrected chi connectivity index (χ0v) is 7.61. The van der Waals surface area contributed by atoms with Crippen molar-refractivity contribution in [1.29, 1.82) is 0 Å². The highest BCUT2D eigenvalue weighted by atomic mass is 15.5. The van der Waals surface area contributed by atoms with E-state index in [9.17, 15) is 0 Å². The van der Waals surface area contributed by atoms with Crippen molar-refractivity contribution in [1.82, 2.24) is 20.3 Å². The summed E-state index contributed by atoms with van der Waals surface area (Å²) in [6.07, 6.45) is 5.24. The Hall–Kier alpha value is -1.10. The third-order valence-electron chi connectivity index (χ3n) is 2.39. The highest BCUT2D eigenvalue weighted by Crippen LogP contribution is 2.09. The van der Waals surface area contributed by atoms with Crippen molar-refractivity contribution in [3.63, 3.8) is 0 Å². The SMILES string of the molecule is Nc1cnn(CCC2CCCN2)n1. The van der Waals surface area contributed by atoms with Crippen LogP contribution in [0.2, 0.25) is 0 Å². The van der Waals surface area contributed by atoms with Gasteiger partial charge in [0.05, 0.1) is 12.7 Å². The molecule has 0 bridgehead atoms. The molecule has 5 heteroatoms. The maximum Gasteiger partial charge on any atom is 0.165 e. The summed E-state index contributed by atoms with van der Waals surface area (Å²) in [5, 5.41) is 11.5. The Kier molecular flexibility index (Phi) is 2.44. The Balaban J connectivity index is 1.78. The lowest BCUT2D eigenvalue weighted by molar-refractivity contribution is 0.448. The Morgan fingerprint density at radius 3 is 3.23 bits per heavy atom. The minimum Gasteiger partial charge on any atom is -0.381 e. The summed E-state index contributed by atoms with van der Waals surface area (Å²) in [7, 11) is 0. The van der Waals surface area contributed by atoms with E-state index in [1.165, 1.54) is 12.8 Å². The number of hydrogen-bond donors (Lipinski definition) is 2. The van der Waals surface area contributed by atoms with E-state index in [1.807, 2.05) is 0 Å². The molecule has 1 aromatic rings. The molecule has 0 saturated carbocycles. The molecule has 0 aliphatic carbocycles. The van der Waals surface area contributed by atoms with Crippen molar-refractivity contribution in [2.75, 3.05) is 12.3 Å². The number of nitrogens with two attached hydrogens (primary N) is 1. The molecular weight excluding hydrogens is 166 g/mol. The van der Waals surface area contributed by atoms with E-state index in [4.69, 9.17) is 5.73 Å². The first kappa shape index (κ1) is 8.50. The molecule has 13 heavy (non-hydrogen) atoms. The fraction of sp³-hybridized carbons (Fsp3) is 0.750. The summed E-state index contributed by atoms with van der Waals surface area (Å²) in [6.45, 7) is 2.01. The van der Waals surface area contributed by atoms with E-state index in [1.54, 1.807) is 11.0 Å². The van der Waals surface area contributed by atoms with Gasteiger partial charge in [0.15, 0.2) is 5.82 Å². The van der Waals surface area contributed by atoms with E-state index < -0.39 is 0 Å². The topological polar surface area (TPSA) is 68.8 Å². The van der Waals surface area contributed by atoms with E-state index >= 15 is 0 Å². The molecule has 1 fully saturated rings. The second kappa shape index (κ2) is 3.74. The van der Waals surface area contributed by atoms with Gasteiger partial charge in [-0.05, 0) is 25.8 Å². The third-order valence-corrected chi connectivity index (χ3v) is 2.39. The first-order valence-corrected chi connectivity index (χ1v) is 4.73. The van der Waals surface area contributed by atoms with Crippen LogP contribution < -0.4 is 11.1 Å². The van der Waals surface area contributed by atoms with Gasteiger partial charge >= 0.3 is 0 Å². The lowest BCUT2D eigenvalue weighted by atomic mass is 10.2. The van der Waals surface area contributed by atoms with Gasteiger partial charge in [0.25, 0.3) is 0 Å². The van der Waals surface area contributed by atoms with Gasteiger partial charge in [-0.25, -0.2) is 0 Å².